The molecule has 0 N–H and O–H groups in total. The molecule has 0 saturated carbocycles. The lowest BCUT2D eigenvalue weighted by molar-refractivity contribution is -0.118. The number of ketones is 1. The number of carbonyl (C=O) groups excluding carboxylic acids is 1. The fraction of sp³-hybridized carbons (Fsp3) is 0.400. The largest absolute Gasteiger partial charge is 0.493 e. The number of nitrogens with zero attached hydrogens (tertiary/aromatic N) is 2. The number of carbonyl (C=O) groups is 1. The third-order valence-corrected chi connectivity index (χ3v) is 3.71. The number of para-hydroxylation sites is 1. The molecule has 2 unspecified atom stereocenters. The molecule has 5 nitrogen and oxygen atoms in total. The Balaban J connectivity index is 1.93. The van der Waals surface area contributed by atoms with Gasteiger partial charge in [-0.1, -0.05) is 23.4 Å². The molecule has 0 bridgehead atoms. The van der Waals surface area contributed by atoms with E-state index in [2.05, 4.69) is 10.1 Å². The smallest absolute Gasteiger partial charge is 0.236 e. The van der Waals surface area contributed by atoms with Crippen molar-refractivity contribution in [3.8, 4) is 5.75 Å². The first kappa shape index (κ1) is 12.8. The molecule has 0 saturated heterocycles. The van der Waals surface area contributed by atoms with E-state index in [0.717, 1.165) is 17.7 Å². The topological polar surface area (TPSA) is 65.2 Å². The van der Waals surface area contributed by atoms with Gasteiger partial charge >= 0.3 is 0 Å². The molecule has 0 spiro atoms. The van der Waals surface area contributed by atoms with Crippen molar-refractivity contribution in [2.75, 3.05) is 6.61 Å². The summed E-state index contributed by atoms with van der Waals surface area (Å²) < 4.78 is 10.9. The first-order chi connectivity index (χ1) is 9.66. The summed E-state index contributed by atoms with van der Waals surface area (Å²) in [5, 5.41) is 4.05. The number of benzene rings is 1. The Morgan fingerprint density at radius 2 is 2.20 bits per heavy atom. The minimum atomic E-state index is -0.355. The van der Waals surface area contributed by atoms with Gasteiger partial charge in [-0.2, -0.15) is 4.98 Å². The van der Waals surface area contributed by atoms with E-state index in [0.29, 0.717) is 18.3 Å². The first-order valence-corrected chi connectivity index (χ1v) is 6.72. The highest BCUT2D eigenvalue weighted by Crippen LogP contribution is 2.36. The van der Waals surface area contributed by atoms with Gasteiger partial charge < -0.3 is 9.26 Å². The van der Waals surface area contributed by atoms with Crippen LogP contribution in [-0.4, -0.2) is 22.5 Å². The van der Waals surface area contributed by atoms with Crippen LogP contribution in [0.4, 0.5) is 0 Å². The molecule has 0 aliphatic carbocycles. The Morgan fingerprint density at radius 3 is 3.00 bits per heavy atom. The van der Waals surface area contributed by atoms with Gasteiger partial charge in [0.15, 0.2) is 5.82 Å². The maximum absolute atomic E-state index is 11.4. The predicted octanol–water partition coefficient (Wildman–Crippen LogP) is 2.68. The van der Waals surface area contributed by atoms with Gasteiger partial charge in [0, 0.05) is 5.56 Å². The van der Waals surface area contributed by atoms with Crippen LogP contribution in [-0.2, 0) is 4.79 Å². The van der Waals surface area contributed by atoms with Crippen LogP contribution >= 0.6 is 0 Å². The van der Waals surface area contributed by atoms with Crippen molar-refractivity contribution >= 4 is 5.78 Å². The summed E-state index contributed by atoms with van der Waals surface area (Å²) in [5.41, 5.74) is 1.07. The minimum Gasteiger partial charge on any atom is -0.493 e. The van der Waals surface area contributed by atoms with E-state index in [1.807, 2.05) is 24.3 Å². The Labute approximate surface area is 116 Å². The van der Waals surface area contributed by atoms with Crippen LogP contribution < -0.4 is 4.74 Å². The molecule has 0 radical (unpaired) electrons. The monoisotopic (exact) mass is 272 g/mol. The van der Waals surface area contributed by atoms with Crippen LogP contribution in [0.3, 0.4) is 0 Å². The summed E-state index contributed by atoms with van der Waals surface area (Å²) in [5.74, 6) is 1.62. The molecule has 3 rings (SSSR count). The van der Waals surface area contributed by atoms with Crippen LogP contribution in [0.2, 0.25) is 0 Å². The molecule has 1 aromatic carbocycles. The fourth-order valence-corrected chi connectivity index (χ4v) is 2.35. The number of rotatable bonds is 3. The molecule has 2 aromatic rings. The first-order valence-electron chi connectivity index (χ1n) is 6.72. The summed E-state index contributed by atoms with van der Waals surface area (Å²) in [4.78, 5) is 15.8. The average molecular weight is 272 g/mol. The van der Waals surface area contributed by atoms with Crippen molar-refractivity contribution in [2.24, 2.45) is 0 Å². The van der Waals surface area contributed by atoms with E-state index in [1.54, 1.807) is 6.92 Å². The number of Topliss-reactive ketones (excluding diaryl/α,β-unsaturated/α-hetero) is 1. The SMILES string of the molecule is CC(=O)C(C)c1nc(C2CCOc3ccccc32)no1. The van der Waals surface area contributed by atoms with Crippen molar-refractivity contribution in [1.29, 1.82) is 0 Å². The summed E-state index contributed by atoms with van der Waals surface area (Å²) in [7, 11) is 0. The maximum Gasteiger partial charge on any atom is 0.236 e. The zero-order valence-electron chi connectivity index (χ0n) is 11.5. The number of fused-ring (bicyclic) bond motifs is 1. The lowest BCUT2D eigenvalue weighted by Crippen LogP contribution is -2.16. The van der Waals surface area contributed by atoms with Gasteiger partial charge in [-0.25, -0.2) is 0 Å². The van der Waals surface area contributed by atoms with Crippen LogP contribution in [0.5, 0.6) is 5.75 Å². The zero-order chi connectivity index (χ0) is 14.1. The van der Waals surface area contributed by atoms with Crippen LogP contribution in [0.25, 0.3) is 0 Å². The third kappa shape index (κ3) is 2.19. The second kappa shape index (κ2) is 5.07. The number of hydrogen-bond donors (Lipinski definition) is 0. The molecular weight excluding hydrogens is 256 g/mol. The summed E-state index contributed by atoms with van der Waals surface area (Å²) >= 11 is 0. The van der Waals surface area contributed by atoms with Gasteiger partial charge in [-0.05, 0) is 26.3 Å². The maximum atomic E-state index is 11.4. The molecule has 2 atom stereocenters. The predicted molar refractivity (Wildman–Crippen MR) is 71.8 cm³/mol. The van der Waals surface area contributed by atoms with Crippen molar-refractivity contribution in [1.82, 2.24) is 10.1 Å². The Kier molecular flexibility index (Phi) is 3.26. The van der Waals surface area contributed by atoms with E-state index in [1.165, 1.54) is 6.92 Å². The Hall–Kier alpha value is -2.17. The van der Waals surface area contributed by atoms with Crippen molar-refractivity contribution in [3.05, 3.63) is 41.5 Å². The van der Waals surface area contributed by atoms with Crippen molar-refractivity contribution < 1.29 is 14.1 Å². The molecule has 0 fully saturated rings. The van der Waals surface area contributed by atoms with E-state index in [4.69, 9.17) is 9.26 Å². The normalized spacial score (nSPS) is 19.0. The third-order valence-electron chi connectivity index (χ3n) is 3.71. The zero-order valence-corrected chi connectivity index (χ0v) is 11.5. The molecule has 1 aliphatic rings. The number of aromatic nitrogens is 2. The van der Waals surface area contributed by atoms with Gasteiger partial charge in [-0.15, -0.1) is 0 Å². The number of hydrogen-bond acceptors (Lipinski definition) is 5. The molecule has 1 aromatic heterocycles. The van der Waals surface area contributed by atoms with Crippen molar-refractivity contribution in [2.45, 2.75) is 32.1 Å². The lowest BCUT2D eigenvalue weighted by Gasteiger charge is -2.23. The van der Waals surface area contributed by atoms with E-state index < -0.39 is 0 Å². The molecular formula is C15H16N2O3. The molecule has 5 heteroatoms. The lowest BCUT2D eigenvalue weighted by atomic mass is 9.92. The standard InChI is InChI=1S/C15H16N2O3/c1-9(10(2)18)15-16-14(17-20-15)12-7-8-19-13-6-4-3-5-11(12)13/h3-6,9,12H,7-8H2,1-2H3. The van der Waals surface area contributed by atoms with Crippen LogP contribution in [0.15, 0.2) is 28.8 Å². The van der Waals surface area contributed by atoms with Gasteiger partial charge in [-0.3, -0.25) is 4.79 Å². The molecule has 1 aliphatic heterocycles. The average Bonchev–Trinajstić information content (AvgIpc) is 2.95. The van der Waals surface area contributed by atoms with E-state index in [-0.39, 0.29) is 17.6 Å². The summed E-state index contributed by atoms with van der Waals surface area (Å²) in [6, 6.07) is 7.88. The van der Waals surface area contributed by atoms with Gasteiger partial charge in [0.25, 0.3) is 0 Å². The Bertz CT molecular complexity index is 636. The second-order valence-electron chi connectivity index (χ2n) is 5.05. The van der Waals surface area contributed by atoms with Gasteiger partial charge in [0.05, 0.1) is 18.4 Å². The molecule has 104 valence electrons. The van der Waals surface area contributed by atoms with E-state index in [9.17, 15) is 4.79 Å². The molecule has 0 amide bonds. The highest BCUT2D eigenvalue weighted by Gasteiger charge is 2.28. The fourth-order valence-electron chi connectivity index (χ4n) is 2.35. The summed E-state index contributed by atoms with van der Waals surface area (Å²) in [6.45, 7) is 3.93. The summed E-state index contributed by atoms with van der Waals surface area (Å²) in [6.07, 6.45) is 0.810. The number of ether oxygens (including phenoxy) is 1. The Morgan fingerprint density at radius 1 is 1.40 bits per heavy atom. The van der Waals surface area contributed by atoms with Crippen LogP contribution in [0, 0.1) is 0 Å². The van der Waals surface area contributed by atoms with Crippen LogP contribution in [0.1, 0.15) is 49.4 Å². The molecule has 20 heavy (non-hydrogen) atoms. The van der Waals surface area contributed by atoms with Gasteiger partial charge in [0.1, 0.15) is 11.5 Å². The van der Waals surface area contributed by atoms with E-state index >= 15 is 0 Å². The highest BCUT2D eigenvalue weighted by atomic mass is 16.5. The second-order valence-corrected chi connectivity index (χ2v) is 5.05. The molecule has 2 heterocycles. The van der Waals surface area contributed by atoms with Crippen molar-refractivity contribution in [3.63, 3.8) is 0 Å². The highest BCUT2D eigenvalue weighted by molar-refractivity contribution is 5.81. The minimum absolute atomic E-state index is 0.0209. The quantitative estimate of drug-likeness (QED) is 0.859. The van der Waals surface area contributed by atoms with Gasteiger partial charge in [0.2, 0.25) is 5.89 Å².